The molecule has 222 valence electrons. The minimum absolute atomic E-state index is 0.0223. The molecule has 2 aliphatic rings. The summed E-state index contributed by atoms with van der Waals surface area (Å²) in [6.45, 7) is -0.894. The van der Waals surface area contributed by atoms with E-state index in [4.69, 9.17) is 4.74 Å². The van der Waals surface area contributed by atoms with Crippen LogP contribution in [-0.2, 0) is 30.8 Å². The van der Waals surface area contributed by atoms with Crippen molar-refractivity contribution in [2.75, 3.05) is 19.7 Å². The maximum Gasteiger partial charge on any atom is 0.511 e. The summed E-state index contributed by atoms with van der Waals surface area (Å²) in [4.78, 5) is -0.655. The van der Waals surface area contributed by atoms with E-state index in [0.29, 0.717) is 36.4 Å². The summed E-state index contributed by atoms with van der Waals surface area (Å²) in [6.07, 6.45) is -5.20. The van der Waals surface area contributed by atoms with E-state index < -0.39 is 101 Å². The summed E-state index contributed by atoms with van der Waals surface area (Å²) in [5, 5.41) is 0. The summed E-state index contributed by atoms with van der Waals surface area (Å²) < 4.78 is 166. The van der Waals surface area contributed by atoms with Gasteiger partial charge in [0.05, 0.1) is 22.6 Å². The Morgan fingerprint density at radius 2 is 1.55 bits per heavy atom. The second-order valence-corrected chi connectivity index (χ2v) is 13.8. The van der Waals surface area contributed by atoms with Crippen molar-refractivity contribution in [1.29, 1.82) is 0 Å². The molecule has 6 nitrogen and oxygen atoms in total. The fourth-order valence-electron chi connectivity index (χ4n) is 5.74. The highest BCUT2D eigenvalue weighted by atomic mass is 32.2. The number of fused-ring (bicyclic) bond motifs is 3. The van der Waals surface area contributed by atoms with Crippen LogP contribution in [0.5, 0.6) is 5.75 Å². The van der Waals surface area contributed by atoms with E-state index in [9.17, 15) is 47.6 Å². The average Bonchev–Trinajstić information content (AvgIpc) is 2.87. The standard InChI is InChI=1S/C24H23F8NO5S2/c1-2-33(40(36,37)24(30,31)32)12-14-4-3-11-22(17(14)13-38-21-19(26)10-9-18(25)20(21)22)39(34,35)16-7-5-15(6-8-16)23(27,28)29/h5-10,14,17H,2-4,11-13H2,1H3/t14-,17-,22-/m0/s1. The van der Waals surface area contributed by atoms with E-state index in [-0.39, 0.29) is 23.6 Å². The second kappa shape index (κ2) is 10.1. The lowest BCUT2D eigenvalue weighted by atomic mass is 9.67. The highest BCUT2D eigenvalue weighted by Crippen LogP contribution is 2.58. The predicted molar refractivity (Wildman–Crippen MR) is 125 cm³/mol. The first-order valence-corrected chi connectivity index (χ1v) is 14.9. The molecule has 2 aromatic carbocycles. The van der Waals surface area contributed by atoms with Gasteiger partial charge >= 0.3 is 21.7 Å². The largest absolute Gasteiger partial charge is 0.511 e. The number of sulfonamides is 1. The lowest BCUT2D eigenvalue weighted by Crippen LogP contribution is -2.56. The molecule has 0 amide bonds. The first-order valence-electron chi connectivity index (χ1n) is 12.0. The molecular weight excluding hydrogens is 598 g/mol. The molecule has 3 atom stereocenters. The Balaban J connectivity index is 1.91. The van der Waals surface area contributed by atoms with Gasteiger partial charge < -0.3 is 4.74 Å². The number of hydrogen-bond acceptors (Lipinski definition) is 5. The topological polar surface area (TPSA) is 80.8 Å². The summed E-state index contributed by atoms with van der Waals surface area (Å²) >= 11 is 0. The smallest absolute Gasteiger partial charge is 0.490 e. The molecule has 0 N–H and O–H groups in total. The monoisotopic (exact) mass is 621 g/mol. The maximum absolute atomic E-state index is 15.4. The van der Waals surface area contributed by atoms with Gasteiger partial charge in [0.15, 0.2) is 21.4 Å². The fourth-order valence-corrected chi connectivity index (χ4v) is 9.21. The molecule has 2 aromatic rings. The highest BCUT2D eigenvalue weighted by molar-refractivity contribution is 7.92. The first-order chi connectivity index (χ1) is 18.4. The van der Waals surface area contributed by atoms with Crippen molar-refractivity contribution in [1.82, 2.24) is 4.31 Å². The summed E-state index contributed by atoms with van der Waals surface area (Å²) in [5.74, 6) is -5.57. The van der Waals surface area contributed by atoms with E-state index in [1.807, 2.05) is 0 Å². The summed E-state index contributed by atoms with van der Waals surface area (Å²) in [7, 11) is -10.7. The van der Waals surface area contributed by atoms with Crippen LogP contribution in [0.1, 0.15) is 37.3 Å². The molecule has 1 aliphatic carbocycles. The van der Waals surface area contributed by atoms with Crippen molar-refractivity contribution in [3.63, 3.8) is 0 Å². The molecule has 0 unspecified atom stereocenters. The van der Waals surface area contributed by atoms with Crippen LogP contribution in [0.2, 0.25) is 0 Å². The molecule has 0 bridgehead atoms. The average molecular weight is 622 g/mol. The van der Waals surface area contributed by atoms with Gasteiger partial charge in [0.2, 0.25) is 0 Å². The van der Waals surface area contributed by atoms with Crippen LogP contribution >= 0.6 is 0 Å². The molecule has 16 heteroatoms. The SMILES string of the molecule is CCN(C[C@@H]1CCC[C@@]2(S(=O)(=O)c3ccc(C(F)(F)F)cc3)c3c(F)ccc(F)c3OC[C@@H]12)S(=O)(=O)C(F)(F)F. The lowest BCUT2D eigenvalue weighted by Gasteiger charge is -2.51. The van der Waals surface area contributed by atoms with Gasteiger partial charge in [0.25, 0.3) is 0 Å². The Kier molecular flexibility index (Phi) is 7.71. The van der Waals surface area contributed by atoms with Crippen LogP contribution in [0.15, 0.2) is 41.3 Å². The number of rotatable bonds is 6. The van der Waals surface area contributed by atoms with Gasteiger partial charge in [-0.05, 0) is 55.2 Å². The quantitative estimate of drug-likeness (QED) is 0.391. The van der Waals surface area contributed by atoms with Crippen LogP contribution < -0.4 is 4.74 Å². The predicted octanol–water partition coefficient (Wildman–Crippen LogP) is 5.63. The molecule has 0 aromatic heterocycles. The normalized spacial score (nSPS) is 23.9. The van der Waals surface area contributed by atoms with Crippen LogP contribution in [0.4, 0.5) is 35.1 Å². The zero-order valence-electron chi connectivity index (χ0n) is 20.7. The Labute approximate surface area is 224 Å². The van der Waals surface area contributed by atoms with E-state index in [0.717, 1.165) is 6.92 Å². The molecule has 0 spiro atoms. The molecule has 0 saturated heterocycles. The minimum Gasteiger partial charge on any atom is -0.490 e. The Hall–Kier alpha value is -2.46. The van der Waals surface area contributed by atoms with E-state index >= 15 is 4.39 Å². The molecule has 1 saturated carbocycles. The fraction of sp³-hybridized carbons (Fsp3) is 0.500. The third-order valence-corrected chi connectivity index (χ3v) is 11.8. The number of halogens is 8. The number of sulfone groups is 1. The van der Waals surface area contributed by atoms with Gasteiger partial charge in [-0.15, -0.1) is 0 Å². The van der Waals surface area contributed by atoms with Gasteiger partial charge in [0, 0.05) is 19.0 Å². The summed E-state index contributed by atoms with van der Waals surface area (Å²) in [5.41, 5.74) is -7.54. The van der Waals surface area contributed by atoms with E-state index in [1.165, 1.54) is 0 Å². The lowest BCUT2D eigenvalue weighted by molar-refractivity contribution is -0.137. The number of hydrogen-bond donors (Lipinski definition) is 0. The van der Waals surface area contributed by atoms with Crippen molar-refractivity contribution in [2.45, 2.75) is 47.5 Å². The molecule has 0 radical (unpaired) electrons. The van der Waals surface area contributed by atoms with Gasteiger partial charge in [-0.1, -0.05) is 13.3 Å². The van der Waals surface area contributed by atoms with Crippen molar-refractivity contribution in [2.24, 2.45) is 11.8 Å². The van der Waals surface area contributed by atoms with E-state index in [1.54, 1.807) is 0 Å². The number of ether oxygens (including phenoxy) is 1. The van der Waals surface area contributed by atoms with Gasteiger partial charge in [-0.3, -0.25) is 0 Å². The summed E-state index contributed by atoms with van der Waals surface area (Å²) in [6, 6.07) is 3.71. The van der Waals surface area contributed by atoms with Crippen molar-refractivity contribution in [3.05, 3.63) is 59.2 Å². The Morgan fingerprint density at radius 1 is 0.950 bits per heavy atom. The first kappa shape index (κ1) is 30.5. The Bertz CT molecular complexity index is 1490. The number of alkyl halides is 6. The minimum atomic E-state index is -5.82. The van der Waals surface area contributed by atoms with Crippen LogP contribution in [0.25, 0.3) is 0 Å². The highest BCUT2D eigenvalue weighted by Gasteiger charge is 2.61. The molecule has 1 heterocycles. The molecular formula is C24H23F8NO5S2. The van der Waals surface area contributed by atoms with Crippen molar-refractivity contribution >= 4 is 19.9 Å². The third kappa shape index (κ3) is 4.74. The molecule has 40 heavy (non-hydrogen) atoms. The van der Waals surface area contributed by atoms with Crippen molar-refractivity contribution < 1.29 is 56.7 Å². The zero-order chi connectivity index (χ0) is 29.9. The third-order valence-electron chi connectivity index (χ3n) is 7.58. The van der Waals surface area contributed by atoms with Crippen LogP contribution in [0.3, 0.4) is 0 Å². The van der Waals surface area contributed by atoms with Gasteiger partial charge in [-0.2, -0.15) is 30.6 Å². The van der Waals surface area contributed by atoms with Crippen LogP contribution in [-0.4, -0.2) is 46.3 Å². The Morgan fingerprint density at radius 3 is 2.10 bits per heavy atom. The molecule has 4 rings (SSSR count). The van der Waals surface area contributed by atoms with Gasteiger partial charge in [-0.25, -0.2) is 25.6 Å². The van der Waals surface area contributed by atoms with Crippen molar-refractivity contribution in [3.8, 4) is 5.75 Å². The molecule has 1 fully saturated rings. The second-order valence-electron chi connectivity index (χ2n) is 9.62. The number of nitrogens with zero attached hydrogens (tertiary/aromatic N) is 1. The van der Waals surface area contributed by atoms with E-state index in [2.05, 4.69) is 0 Å². The van der Waals surface area contributed by atoms with Gasteiger partial charge in [0.1, 0.15) is 10.6 Å². The zero-order valence-corrected chi connectivity index (χ0v) is 22.3. The molecule has 1 aliphatic heterocycles. The van der Waals surface area contributed by atoms with Crippen LogP contribution in [0, 0.1) is 23.5 Å². The number of benzene rings is 2. The maximum atomic E-state index is 15.4.